The smallest absolute Gasteiger partial charge is 0.219 e. The summed E-state index contributed by atoms with van der Waals surface area (Å²) in [5, 5.41) is 19.5. The molecule has 2 aromatic rings. The average molecular weight is 250 g/mol. The summed E-state index contributed by atoms with van der Waals surface area (Å²) in [5.41, 5.74) is 5.39. The molecular weight excluding hydrogens is 236 g/mol. The van der Waals surface area contributed by atoms with E-state index < -0.39 is 0 Å². The van der Waals surface area contributed by atoms with Crippen molar-refractivity contribution in [2.24, 2.45) is 10.9 Å². The maximum absolute atomic E-state index is 8.52. The lowest BCUT2D eigenvalue weighted by Crippen LogP contribution is -2.16. The number of nitrogens with two attached hydrogens (primary N) is 1. The van der Waals surface area contributed by atoms with Gasteiger partial charge in [0, 0.05) is 6.04 Å². The van der Waals surface area contributed by atoms with Gasteiger partial charge in [-0.05, 0) is 13.8 Å². The predicted molar refractivity (Wildman–Crippen MR) is 62.0 cm³/mol. The van der Waals surface area contributed by atoms with Gasteiger partial charge < -0.3 is 10.9 Å². The lowest BCUT2D eigenvalue weighted by molar-refractivity contribution is 0.318. The van der Waals surface area contributed by atoms with E-state index in [4.69, 9.17) is 10.9 Å². The molecule has 0 bridgehead atoms. The van der Waals surface area contributed by atoms with E-state index in [1.165, 1.54) is 12.7 Å². The number of amidine groups is 1. The van der Waals surface area contributed by atoms with Gasteiger partial charge in [0.2, 0.25) is 11.7 Å². The zero-order valence-corrected chi connectivity index (χ0v) is 10.1. The van der Waals surface area contributed by atoms with Crippen molar-refractivity contribution in [3.05, 3.63) is 24.3 Å². The standard InChI is InChI=1S/C9H14N8O/c1-6(2)17-7(11-4-13-17)3-16-5-12-9(14-16)8(10)15-18/h4-6,18H,3H2,1-2H3,(H2,10,15). The molecule has 0 aliphatic rings. The van der Waals surface area contributed by atoms with Crippen LogP contribution < -0.4 is 5.73 Å². The molecule has 9 nitrogen and oxygen atoms in total. The third-order valence-electron chi connectivity index (χ3n) is 2.31. The van der Waals surface area contributed by atoms with Crippen LogP contribution in [0.2, 0.25) is 0 Å². The molecule has 2 aromatic heterocycles. The SMILES string of the molecule is CC(C)n1ncnc1Cn1cnc(C(N)=NO)n1. The van der Waals surface area contributed by atoms with Crippen molar-refractivity contribution < 1.29 is 5.21 Å². The van der Waals surface area contributed by atoms with E-state index in [1.807, 2.05) is 13.8 Å². The fourth-order valence-corrected chi connectivity index (χ4v) is 1.50. The number of hydrogen-bond acceptors (Lipinski definition) is 6. The minimum atomic E-state index is -0.126. The van der Waals surface area contributed by atoms with Crippen LogP contribution in [-0.2, 0) is 6.54 Å². The van der Waals surface area contributed by atoms with Crippen LogP contribution in [0.3, 0.4) is 0 Å². The van der Waals surface area contributed by atoms with Crippen LogP contribution in [0.5, 0.6) is 0 Å². The first kappa shape index (κ1) is 12.0. The van der Waals surface area contributed by atoms with Gasteiger partial charge in [-0.1, -0.05) is 5.16 Å². The molecular formula is C9H14N8O. The fraction of sp³-hybridized carbons (Fsp3) is 0.444. The van der Waals surface area contributed by atoms with Crippen molar-refractivity contribution in [2.75, 3.05) is 0 Å². The van der Waals surface area contributed by atoms with Crippen molar-refractivity contribution in [1.82, 2.24) is 29.5 Å². The summed E-state index contributed by atoms with van der Waals surface area (Å²) in [5.74, 6) is 0.813. The van der Waals surface area contributed by atoms with Crippen LogP contribution >= 0.6 is 0 Å². The molecule has 0 aliphatic carbocycles. The zero-order chi connectivity index (χ0) is 13.1. The molecule has 0 aliphatic heterocycles. The first-order valence-electron chi connectivity index (χ1n) is 5.37. The lowest BCUT2D eigenvalue weighted by Gasteiger charge is -2.08. The van der Waals surface area contributed by atoms with Gasteiger partial charge in [0.05, 0.1) is 0 Å². The molecule has 2 heterocycles. The Morgan fingerprint density at radius 2 is 2.28 bits per heavy atom. The fourth-order valence-electron chi connectivity index (χ4n) is 1.50. The van der Waals surface area contributed by atoms with Crippen LogP contribution in [-0.4, -0.2) is 40.6 Å². The molecule has 0 unspecified atom stereocenters. The number of oxime groups is 1. The first-order valence-corrected chi connectivity index (χ1v) is 5.37. The Balaban J connectivity index is 2.19. The van der Waals surface area contributed by atoms with E-state index in [0.717, 1.165) is 5.82 Å². The van der Waals surface area contributed by atoms with Crippen molar-refractivity contribution >= 4 is 5.84 Å². The van der Waals surface area contributed by atoms with Crippen LogP contribution in [0.25, 0.3) is 0 Å². The third kappa shape index (κ3) is 2.29. The summed E-state index contributed by atoms with van der Waals surface area (Å²) in [6.07, 6.45) is 2.99. The minimum Gasteiger partial charge on any atom is -0.409 e. The molecule has 0 spiro atoms. The van der Waals surface area contributed by atoms with Crippen LogP contribution in [0.1, 0.15) is 31.5 Å². The molecule has 18 heavy (non-hydrogen) atoms. The largest absolute Gasteiger partial charge is 0.409 e. The van der Waals surface area contributed by atoms with Gasteiger partial charge in [0.1, 0.15) is 25.0 Å². The maximum atomic E-state index is 8.52. The van der Waals surface area contributed by atoms with E-state index in [0.29, 0.717) is 6.54 Å². The van der Waals surface area contributed by atoms with Crippen molar-refractivity contribution in [1.29, 1.82) is 0 Å². The van der Waals surface area contributed by atoms with E-state index in [1.54, 1.807) is 9.36 Å². The average Bonchev–Trinajstić information content (AvgIpc) is 2.97. The van der Waals surface area contributed by atoms with Crippen LogP contribution in [0, 0.1) is 0 Å². The monoisotopic (exact) mass is 250 g/mol. The van der Waals surface area contributed by atoms with E-state index in [-0.39, 0.29) is 17.7 Å². The zero-order valence-electron chi connectivity index (χ0n) is 10.1. The number of nitrogens with zero attached hydrogens (tertiary/aromatic N) is 7. The van der Waals surface area contributed by atoms with Gasteiger partial charge in [-0.25, -0.2) is 19.3 Å². The van der Waals surface area contributed by atoms with Crippen molar-refractivity contribution in [3.63, 3.8) is 0 Å². The Morgan fingerprint density at radius 1 is 1.50 bits per heavy atom. The Bertz CT molecular complexity index is 554. The Labute approximate surface area is 103 Å². The molecule has 0 aromatic carbocycles. The summed E-state index contributed by atoms with van der Waals surface area (Å²) in [4.78, 5) is 8.08. The van der Waals surface area contributed by atoms with E-state index >= 15 is 0 Å². The van der Waals surface area contributed by atoms with Gasteiger partial charge in [-0.2, -0.15) is 5.10 Å². The Kier molecular flexibility index (Phi) is 3.22. The predicted octanol–water partition coefficient (Wildman–Crippen LogP) is -0.407. The van der Waals surface area contributed by atoms with Gasteiger partial charge in [0.15, 0.2) is 0 Å². The third-order valence-corrected chi connectivity index (χ3v) is 2.31. The highest BCUT2D eigenvalue weighted by molar-refractivity contribution is 5.93. The molecule has 0 fully saturated rings. The quantitative estimate of drug-likeness (QED) is 0.329. The summed E-state index contributed by atoms with van der Waals surface area (Å²) < 4.78 is 3.35. The Hall–Kier alpha value is -2.45. The van der Waals surface area contributed by atoms with E-state index in [2.05, 4.69) is 25.3 Å². The highest BCUT2D eigenvalue weighted by Crippen LogP contribution is 2.06. The summed E-state index contributed by atoms with van der Waals surface area (Å²) in [6.45, 7) is 4.45. The molecule has 2 rings (SSSR count). The normalized spacial score (nSPS) is 12.3. The molecule has 0 radical (unpaired) electrons. The highest BCUT2D eigenvalue weighted by atomic mass is 16.4. The van der Waals surface area contributed by atoms with Gasteiger partial charge in [0.25, 0.3) is 0 Å². The second-order valence-electron chi connectivity index (χ2n) is 3.97. The Morgan fingerprint density at radius 3 is 2.94 bits per heavy atom. The molecule has 0 saturated carbocycles. The number of rotatable bonds is 4. The van der Waals surface area contributed by atoms with E-state index in [9.17, 15) is 0 Å². The maximum Gasteiger partial charge on any atom is 0.219 e. The number of aromatic nitrogens is 6. The van der Waals surface area contributed by atoms with Gasteiger partial charge >= 0.3 is 0 Å². The van der Waals surface area contributed by atoms with Crippen LogP contribution in [0.15, 0.2) is 17.8 Å². The first-order chi connectivity index (χ1) is 8.61. The summed E-state index contributed by atoms with van der Waals surface area (Å²) in [6, 6.07) is 0.217. The van der Waals surface area contributed by atoms with Crippen LogP contribution in [0.4, 0.5) is 0 Å². The molecule has 0 saturated heterocycles. The van der Waals surface area contributed by atoms with Gasteiger partial charge in [-0.3, -0.25) is 0 Å². The molecule has 96 valence electrons. The van der Waals surface area contributed by atoms with Gasteiger partial charge in [-0.15, -0.1) is 5.10 Å². The second kappa shape index (κ2) is 4.82. The molecule has 0 amide bonds. The minimum absolute atomic E-state index is 0.126. The molecule has 3 N–H and O–H groups in total. The molecule has 0 atom stereocenters. The highest BCUT2D eigenvalue weighted by Gasteiger charge is 2.11. The van der Waals surface area contributed by atoms with Crippen molar-refractivity contribution in [3.8, 4) is 0 Å². The molecule has 9 heteroatoms. The second-order valence-corrected chi connectivity index (χ2v) is 3.97. The lowest BCUT2D eigenvalue weighted by atomic mass is 10.4. The summed E-state index contributed by atoms with van der Waals surface area (Å²) in [7, 11) is 0. The summed E-state index contributed by atoms with van der Waals surface area (Å²) >= 11 is 0. The topological polar surface area (TPSA) is 120 Å². The van der Waals surface area contributed by atoms with Crippen molar-refractivity contribution in [2.45, 2.75) is 26.4 Å². The number of hydrogen-bond donors (Lipinski definition) is 2.